The predicted octanol–water partition coefficient (Wildman–Crippen LogP) is -0.712. The lowest BCUT2D eigenvalue weighted by molar-refractivity contribution is -0.142. The van der Waals surface area contributed by atoms with Crippen LogP contribution in [0.15, 0.2) is 0 Å². The number of likely N-dealkylation sites (tertiary alicyclic amines) is 1. The maximum Gasteiger partial charge on any atom is 0.411 e. The summed E-state index contributed by atoms with van der Waals surface area (Å²) in [5, 5.41) is 24.2. The third kappa shape index (κ3) is 3.46. The molecule has 1 spiro atoms. The molecule has 0 aromatic heterocycles. The minimum Gasteiger partial charge on any atom is -0.480 e. The lowest BCUT2D eigenvalue weighted by atomic mass is 9.87. The highest BCUT2D eigenvalue weighted by atomic mass is 16.6. The molecule has 4 unspecified atom stereocenters. The average molecular weight is 343 g/mol. The molecule has 2 aliphatic rings. The molecule has 4 N–H and O–H groups in total. The number of hydrogen-bond acceptors (Lipinski definition) is 6. The van der Waals surface area contributed by atoms with Gasteiger partial charge < -0.3 is 20.3 Å². The van der Waals surface area contributed by atoms with Gasteiger partial charge in [-0.3, -0.25) is 19.8 Å². The highest BCUT2D eigenvalue weighted by Crippen LogP contribution is 2.35. The van der Waals surface area contributed by atoms with Gasteiger partial charge in [0.05, 0.1) is 12.6 Å². The van der Waals surface area contributed by atoms with Crippen LogP contribution in [0.4, 0.5) is 4.79 Å². The molecule has 2 rings (SSSR count). The summed E-state index contributed by atoms with van der Waals surface area (Å²) in [6, 6.07) is -1.60. The van der Waals surface area contributed by atoms with Crippen molar-refractivity contribution in [3.05, 3.63) is 0 Å². The summed E-state index contributed by atoms with van der Waals surface area (Å²) in [4.78, 5) is 37.1. The number of rotatable bonds is 4. The van der Waals surface area contributed by atoms with Crippen molar-refractivity contribution < 1.29 is 29.3 Å². The van der Waals surface area contributed by atoms with Gasteiger partial charge in [-0.2, -0.15) is 0 Å². The molecule has 24 heavy (non-hydrogen) atoms. The molecule has 4 atom stereocenters. The van der Waals surface area contributed by atoms with Crippen LogP contribution in [0.3, 0.4) is 0 Å². The molecule has 0 saturated carbocycles. The van der Waals surface area contributed by atoms with Crippen molar-refractivity contribution in [1.82, 2.24) is 15.5 Å². The summed E-state index contributed by atoms with van der Waals surface area (Å²) < 4.78 is 5.36. The van der Waals surface area contributed by atoms with E-state index in [0.29, 0.717) is 6.54 Å². The SMILES string of the molecule is CC(O)C(NC1CN(C(=O)OC(C)(C)C)C2(CNC2=O)C1)C(=O)O. The number of aliphatic hydroxyl groups excluding tert-OH is 1. The number of nitrogens with zero attached hydrogens (tertiary/aromatic N) is 1. The Bertz CT molecular complexity index is 544. The summed E-state index contributed by atoms with van der Waals surface area (Å²) in [6.07, 6.45) is -1.44. The summed E-state index contributed by atoms with van der Waals surface area (Å²) in [7, 11) is 0. The van der Waals surface area contributed by atoms with E-state index in [-0.39, 0.29) is 18.9 Å². The number of carbonyl (C=O) groups excluding carboxylic acids is 2. The molecule has 2 saturated heterocycles. The molecule has 2 heterocycles. The fraction of sp³-hybridized carbons (Fsp3) is 0.800. The van der Waals surface area contributed by atoms with Gasteiger partial charge in [-0.15, -0.1) is 0 Å². The lowest BCUT2D eigenvalue weighted by Crippen LogP contribution is -2.71. The number of carbonyl (C=O) groups is 3. The van der Waals surface area contributed by atoms with Crippen molar-refractivity contribution >= 4 is 18.0 Å². The monoisotopic (exact) mass is 343 g/mol. The van der Waals surface area contributed by atoms with E-state index in [1.807, 2.05) is 0 Å². The smallest absolute Gasteiger partial charge is 0.411 e. The Morgan fingerprint density at radius 2 is 2.08 bits per heavy atom. The molecule has 136 valence electrons. The van der Waals surface area contributed by atoms with Crippen LogP contribution in [-0.4, -0.2) is 75.5 Å². The Balaban J connectivity index is 2.15. The van der Waals surface area contributed by atoms with E-state index in [2.05, 4.69) is 10.6 Å². The van der Waals surface area contributed by atoms with Crippen LogP contribution in [-0.2, 0) is 14.3 Å². The molecule has 0 aromatic carbocycles. The zero-order valence-electron chi connectivity index (χ0n) is 14.3. The van der Waals surface area contributed by atoms with Crippen molar-refractivity contribution in [2.24, 2.45) is 0 Å². The summed E-state index contributed by atoms with van der Waals surface area (Å²) in [6.45, 7) is 7.01. The molecule has 2 fully saturated rings. The molecule has 9 nitrogen and oxygen atoms in total. The average Bonchev–Trinajstić information content (AvgIpc) is 2.82. The van der Waals surface area contributed by atoms with Gasteiger partial charge in [0, 0.05) is 12.6 Å². The van der Waals surface area contributed by atoms with Gasteiger partial charge in [-0.1, -0.05) is 0 Å². The van der Waals surface area contributed by atoms with Crippen molar-refractivity contribution in [2.45, 2.75) is 63.4 Å². The van der Waals surface area contributed by atoms with Gasteiger partial charge in [0.25, 0.3) is 0 Å². The van der Waals surface area contributed by atoms with Crippen molar-refractivity contribution in [3.8, 4) is 0 Å². The van der Waals surface area contributed by atoms with E-state index in [9.17, 15) is 24.6 Å². The summed E-state index contributed by atoms with van der Waals surface area (Å²) in [5.41, 5.74) is -1.71. The van der Waals surface area contributed by atoms with E-state index in [1.165, 1.54) is 11.8 Å². The maximum atomic E-state index is 12.4. The highest BCUT2D eigenvalue weighted by molar-refractivity contribution is 5.96. The molecule has 0 radical (unpaired) electrons. The number of carboxylic acid groups (broad SMARTS) is 1. The predicted molar refractivity (Wildman–Crippen MR) is 83.3 cm³/mol. The zero-order chi connectivity index (χ0) is 18.3. The topological polar surface area (TPSA) is 128 Å². The van der Waals surface area contributed by atoms with Crippen molar-refractivity contribution in [2.75, 3.05) is 13.1 Å². The van der Waals surface area contributed by atoms with Gasteiger partial charge >= 0.3 is 12.1 Å². The lowest BCUT2D eigenvalue weighted by Gasteiger charge is -2.44. The maximum absolute atomic E-state index is 12.4. The Hall–Kier alpha value is -1.87. The van der Waals surface area contributed by atoms with Gasteiger partial charge in [0.15, 0.2) is 0 Å². The first-order chi connectivity index (χ1) is 11.0. The number of aliphatic hydroxyl groups is 1. The summed E-state index contributed by atoms with van der Waals surface area (Å²) in [5.74, 6) is -1.46. The van der Waals surface area contributed by atoms with Crippen LogP contribution in [0.25, 0.3) is 0 Å². The second-order valence-electron chi connectivity index (χ2n) is 7.43. The van der Waals surface area contributed by atoms with Crippen LogP contribution in [0.5, 0.6) is 0 Å². The number of β-lactam (4-membered cyclic amide) rings is 1. The fourth-order valence-corrected chi connectivity index (χ4v) is 3.07. The summed E-state index contributed by atoms with van der Waals surface area (Å²) >= 11 is 0. The number of nitrogens with one attached hydrogen (secondary N) is 2. The third-order valence-electron chi connectivity index (χ3n) is 4.25. The second-order valence-corrected chi connectivity index (χ2v) is 7.43. The first-order valence-corrected chi connectivity index (χ1v) is 7.92. The highest BCUT2D eigenvalue weighted by Gasteiger charge is 2.59. The van der Waals surface area contributed by atoms with Gasteiger partial charge in [-0.05, 0) is 34.1 Å². The number of amides is 2. The molecular formula is C15H25N3O6. The standard InChI is InChI=1S/C15H25N3O6/c1-8(19)10(11(20)21)17-9-5-15(7-16-12(15)22)18(6-9)13(23)24-14(2,3)4/h8-10,17,19H,5-7H2,1-4H3,(H,16,22)(H,20,21). The molecule has 9 heteroatoms. The Kier molecular flexibility index (Phi) is 4.78. The van der Waals surface area contributed by atoms with Gasteiger partial charge in [-0.25, -0.2) is 4.79 Å². The van der Waals surface area contributed by atoms with Crippen LogP contribution in [0.2, 0.25) is 0 Å². The van der Waals surface area contributed by atoms with E-state index in [0.717, 1.165) is 0 Å². The van der Waals surface area contributed by atoms with Crippen molar-refractivity contribution in [1.29, 1.82) is 0 Å². The zero-order valence-corrected chi connectivity index (χ0v) is 14.3. The molecule has 0 aromatic rings. The van der Waals surface area contributed by atoms with Crippen LogP contribution < -0.4 is 10.6 Å². The quantitative estimate of drug-likeness (QED) is 0.496. The Labute approximate surface area is 140 Å². The molecule has 2 aliphatic heterocycles. The fourth-order valence-electron chi connectivity index (χ4n) is 3.07. The van der Waals surface area contributed by atoms with E-state index in [4.69, 9.17) is 4.74 Å². The minimum absolute atomic E-state index is 0.138. The Morgan fingerprint density at radius 3 is 2.46 bits per heavy atom. The molecule has 0 aliphatic carbocycles. The molecule has 2 amide bonds. The van der Waals surface area contributed by atoms with E-state index >= 15 is 0 Å². The van der Waals surface area contributed by atoms with Gasteiger partial charge in [0.2, 0.25) is 5.91 Å². The number of aliphatic carboxylic acids is 1. The first kappa shape index (κ1) is 18.5. The van der Waals surface area contributed by atoms with E-state index in [1.54, 1.807) is 20.8 Å². The second kappa shape index (κ2) is 6.21. The number of hydrogen-bond donors (Lipinski definition) is 4. The first-order valence-electron chi connectivity index (χ1n) is 7.92. The normalized spacial score (nSPS) is 29.0. The Morgan fingerprint density at radius 1 is 1.46 bits per heavy atom. The van der Waals surface area contributed by atoms with E-state index < -0.39 is 41.4 Å². The van der Waals surface area contributed by atoms with Gasteiger partial charge in [0.1, 0.15) is 17.2 Å². The minimum atomic E-state index is -1.19. The number of carboxylic acids is 1. The van der Waals surface area contributed by atoms with Crippen molar-refractivity contribution in [3.63, 3.8) is 0 Å². The molecule has 0 bridgehead atoms. The third-order valence-corrected chi connectivity index (χ3v) is 4.25. The van der Waals surface area contributed by atoms with Crippen LogP contribution in [0.1, 0.15) is 34.1 Å². The van der Waals surface area contributed by atoms with Crippen LogP contribution in [0, 0.1) is 0 Å². The van der Waals surface area contributed by atoms with Crippen LogP contribution >= 0.6 is 0 Å². The largest absolute Gasteiger partial charge is 0.480 e. The number of ether oxygens (including phenoxy) is 1. The molecular weight excluding hydrogens is 318 g/mol.